The van der Waals surface area contributed by atoms with Crippen LogP contribution in [0.5, 0.6) is 0 Å². The van der Waals surface area contributed by atoms with Crippen LogP contribution in [0.25, 0.3) is 0 Å². The largest absolute Gasteiger partial charge is 0.349 e. The van der Waals surface area contributed by atoms with Crippen LogP contribution in [0, 0.1) is 5.92 Å². The Bertz CT molecular complexity index is 395. The normalized spacial score (nSPS) is 17.7. The van der Waals surface area contributed by atoms with Crippen molar-refractivity contribution in [3.63, 3.8) is 0 Å². The fraction of sp³-hybridized carbons (Fsp3) is 0.533. The molecule has 0 saturated heterocycles. The van der Waals surface area contributed by atoms with E-state index in [9.17, 15) is 4.79 Å². The van der Waals surface area contributed by atoms with E-state index in [0.717, 1.165) is 5.56 Å². The zero-order valence-electron chi connectivity index (χ0n) is 10.8. The van der Waals surface area contributed by atoms with Gasteiger partial charge in [-0.2, -0.15) is 0 Å². The van der Waals surface area contributed by atoms with Crippen LogP contribution in [0.1, 0.15) is 48.5 Å². The summed E-state index contributed by atoms with van der Waals surface area (Å²) >= 11 is 5.73. The Balaban J connectivity index is 1.93. The number of amides is 1. The molecule has 18 heavy (non-hydrogen) atoms. The van der Waals surface area contributed by atoms with Crippen molar-refractivity contribution < 1.29 is 4.79 Å². The molecule has 3 heteroatoms. The molecule has 0 aromatic heterocycles. The standard InChI is InChI=1S/C15H20ClNO/c1-11(13-4-2-3-5-13)17-15(18)14-8-6-12(10-16)7-9-14/h6-9,11,13H,2-5,10H2,1H3,(H,17,18). The second-order valence-electron chi connectivity index (χ2n) is 5.14. The first-order chi connectivity index (χ1) is 8.70. The molecule has 1 aliphatic rings. The number of rotatable bonds is 4. The Morgan fingerprint density at radius 1 is 1.33 bits per heavy atom. The van der Waals surface area contributed by atoms with Gasteiger partial charge in [-0.1, -0.05) is 25.0 Å². The summed E-state index contributed by atoms with van der Waals surface area (Å²) in [5.74, 6) is 1.16. The van der Waals surface area contributed by atoms with Crippen molar-refractivity contribution >= 4 is 17.5 Å². The highest BCUT2D eigenvalue weighted by molar-refractivity contribution is 6.17. The van der Waals surface area contributed by atoms with E-state index in [0.29, 0.717) is 17.4 Å². The Morgan fingerprint density at radius 2 is 1.94 bits per heavy atom. The van der Waals surface area contributed by atoms with Crippen molar-refractivity contribution in [3.8, 4) is 0 Å². The Hall–Kier alpha value is -1.02. The summed E-state index contributed by atoms with van der Waals surface area (Å²) in [7, 11) is 0. The van der Waals surface area contributed by atoms with Gasteiger partial charge in [0.1, 0.15) is 0 Å². The molecule has 1 aromatic rings. The monoisotopic (exact) mass is 265 g/mol. The highest BCUT2D eigenvalue weighted by Crippen LogP contribution is 2.27. The molecule has 1 unspecified atom stereocenters. The van der Waals surface area contributed by atoms with Crippen molar-refractivity contribution in [2.24, 2.45) is 5.92 Å². The van der Waals surface area contributed by atoms with E-state index in [-0.39, 0.29) is 11.9 Å². The van der Waals surface area contributed by atoms with Gasteiger partial charge in [-0.3, -0.25) is 4.79 Å². The average Bonchev–Trinajstić information content (AvgIpc) is 2.92. The number of benzene rings is 1. The quantitative estimate of drug-likeness (QED) is 0.826. The van der Waals surface area contributed by atoms with Gasteiger partial charge in [0.15, 0.2) is 0 Å². The summed E-state index contributed by atoms with van der Waals surface area (Å²) in [6.07, 6.45) is 5.09. The van der Waals surface area contributed by atoms with Gasteiger partial charge in [-0.15, -0.1) is 11.6 Å². The summed E-state index contributed by atoms with van der Waals surface area (Å²) in [5.41, 5.74) is 1.76. The van der Waals surface area contributed by atoms with Gasteiger partial charge in [-0.25, -0.2) is 0 Å². The molecule has 1 saturated carbocycles. The second kappa shape index (κ2) is 6.24. The lowest BCUT2D eigenvalue weighted by Crippen LogP contribution is -2.37. The van der Waals surface area contributed by atoms with Crippen molar-refractivity contribution in [1.82, 2.24) is 5.32 Å². The summed E-state index contributed by atoms with van der Waals surface area (Å²) in [5, 5.41) is 3.10. The highest BCUT2D eigenvalue weighted by atomic mass is 35.5. The minimum Gasteiger partial charge on any atom is -0.349 e. The molecule has 0 bridgehead atoms. The predicted octanol–water partition coefficient (Wildman–Crippen LogP) is 3.73. The molecule has 2 nitrogen and oxygen atoms in total. The minimum absolute atomic E-state index is 0.0236. The molecule has 0 aliphatic heterocycles. The van der Waals surface area contributed by atoms with E-state index in [4.69, 9.17) is 11.6 Å². The maximum atomic E-state index is 12.1. The summed E-state index contributed by atoms with van der Waals surface area (Å²) in [6.45, 7) is 2.11. The Kier molecular flexibility index (Phi) is 4.65. The number of nitrogens with one attached hydrogen (secondary N) is 1. The molecular formula is C15H20ClNO. The van der Waals surface area contributed by atoms with Crippen molar-refractivity contribution in [3.05, 3.63) is 35.4 Å². The third-order valence-corrected chi connectivity index (χ3v) is 4.14. The van der Waals surface area contributed by atoms with Gasteiger partial charge in [-0.05, 0) is 43.4 Å². The van der Waals surface area contributed by atoms with Gasteiger partial charge in [0.2, 0.25) is 0 Å². The number of hydrogen-bond acceptors (Lipinski definition) is 1. The molecule has 1 atom stereocenters. The van der Waals surface area contributed by atoms with E-state index in [1.54, 1.807) is 0 Å². The van der Waals surface area contributed by atoms with E-state index >= 15 is 0 Å². The van der Waals surface area contributed by atoms with E-state index in [2.05, 4.69) is 12.2 Å². The predicted molar refractivity (Wildman–Crippen MR) is 74.9 cm³/mol. The van der Waals surface area contributed by atoms with Crippen molar-refractivity contribution in [2.75, 3.05) is 0 Å². The molecule has 1 fully saturated rings. The highest BCUT2D eigenvalue weighted by Gasteiger charge is 2.22. The first-order valence-corrected chi connectivity index (χ1v) is 7.20. The molecule has 98 valence electrons. The third-order valence-electron chi connectivity index (χ3n) is 3.84. The van der Waals surface area contributed by atoms with Crippen molar-refractivity contribution in [1.29, 1.82) is 0 Å². The molecule has 1 N–H and O–H groups in total. The minimum atomic E-state index is 0.0236. The maximum absolute atomic E-state index is 12.1. The van der Waals surface area contributed by atoms with Crippen molar-refractivity contribution in [2.45, 2.75) is 44.5 Å². The van der Waals surface area contributed by atoms with E-state index in [1.165, 1.54) is 25.7 Å². The molecule has 0 radical (unpaired) electrons. The van der Waals surface area contributed by atoms with Crippen LogP contribution < -0.4 is 5.32 Å². The fourth-order valence-electron chi connectivity index (χ4n) is 2.61. The molecule has 1 aromatic carbocycles. The summed E-state index contributed by atoms with van der Waals surface area (Å²) < 4.78 is 0. The summed E-state index contributed by atoms with van der Waals surface area (Å²) in [6, 6.07) is 7.76. The van der Waals surface area contributed by atoms with Crippen LogP contribution in [0.4, 0.5) is 0 Å². The lowest BCUT2D eigenvalue weighted by atomic mass is 9.99. The lowest BCUT2D eigenvalue weighted by molar-refractivity contribution is 0.0927. The number of alkyl halides is 1. The van der Waals surface area contributed by atoms with Gasteiger partial charge in [0.25, 0.3) is 5.91 Å². The SMILES string of the molecule is CC(NC(=O)c1ccc(CCl)cc1)C1CCCC1. The Labute approximate surface area is 114 Å². The van der Waals surface area contributed by atoms with Gasteiger partial charge >= 0.3 is 0 Å². The van der Waals surface area contributed by atoms with Crippen LogP contribution in [0.3, 0.4) is 0 Å². The van der Waals surface area contributed by atoms with Crippen LogP contribution in [0.2, 0.25) is 0 Å². The van der Waals surface area contributed by atoms with Gasteiger partial charge in [0, 0.05) is 17.5 Å². The number of hydrogen-bond donors (Lipinski definition) is 1. The average molecular weight is 266 g/mol. The maximum Gasteiger partial charge on any atom is 0.251 e. The molecule has 1 aliphatic carbocycles. The smallest absolute Gasteiger partial charge is 0.251 e. The molecule has 0 spiro atoms. The Morgan fingerprint density at radius 3 is 2.50 bits per heavy atom. The van der Waals surface area contributed by atoms with E-state index < -0.39 is 0 Å². The second-order valence-corrected chi connectivity index (χ2v) is 5.40. The zero-order valence-corrected chi connectivity index (χ0v) is 11.5. The molecule has 2 rings (SSSR count). The van der Waals surface area contributed by atoms with Crippen LogP contribution in [0.15, 0.2) is 24.3 Å². The molecule has 1 amide bonds. The lowest BCUT2D eigenvalue weighted by Gasteiger charge is -2.20. The number of halogens is 1. The van der Waals surface area contributed by atoms with Crippen LogP contribution >= 0.6 is 11.6 Å². The van der Waals surface area contributed by atoms with Gasteiger partial charge in [0.05, 0.1) is 0 Å². The van der Waals surface area contributed by atoms with E-state index in [1.807, 2.05) is 24.3 Å². The first kappa shape index (κ1) is 13.4. The zero-order chi connectivity index (χ0) is 13.0. The third kappa shape index (κ3) is 3.26. The number of carbonyl (C=O) groups excluding carboxylic acids is 1. The molecular weight excluding hydrogens is 246 g/mol. The number of carbonyl (C=O) groups is 1. The van der Waals surface area contributed by atoms with Crippen LogP contribution in [-0.4, -0.2) is 11.9 Å². The summed E-state index contributed by atoms with van der Waals surface area (Å²) in [4.78, 5) is 12.1. The fourth-order valence-corrected chi connectivity index (χ4v) is 2.79. The first-order valence-electron chi connectivity index (χ1n) is 6.66. The van der Waals surface area contributed by atoms with Crippen LogP contribution in [-0.2, 0) is 5.88 Å². The molecule has 0 heterocycles. The topological polar surface area (TPSA) is 29.1 Å². The van der Waals surface area contributed by atoms with Gasteiger partial charge < -0.3 is 5.32 Å².